The maximum Gasteiger partial charge on any atom is 0.240 e. The quantitative estimate of drug-likeness (QED) is 0.786. The summed E-state index contributed by atoms with van der Waals surface area (Å²) in [7, 11) is -7.46. The predicted molar refractivity (Wildman–Crippen MR) is 69.9 cm³/mol. The zero-order valence-electron chi connectivity index (χ0n) is 10.6. The Labute approximate surface area is 116 Å². The molecule has 0 saturated carbocycles. The average Bonchev–Trinajstić information content (AvgIpc) is 2.54. The van der Waals surface area contributed by atoms with Crippen LogP contribution in [-0.2, 0) is 19.9 Å². The smallest absolute Gasteiger partial charge is 0.240 e. The van der Waals surface area contributed by atoms with Gasteiger partial charge < -0.3 is 5.11 Å². The van der Waals surface area contributed by atoms with Crippen molar-refractivity contribution < 1.29 is 26.3 Å². The summed E-state index contributed by atoms with van der Waals surface area (Å²) in [6.07, 6.45) is -1.28. The molecule has 1 fully saturated rings. The minimum Gasteiger partial charge on any atom is -0.390 e. The van der Waals surface area contributed by atoms with Crippen molar-refractivity contribution in [2.45, 2.75) is 24.0 Å². The van der Waals surface area contributed by atoms with Gasteiger partial charge in [-0.3, -0.25) is 0 Å². The van der Waals surface area contributed by atoms with Gasteiger partial charge in [0.15, 0.2) is 9.84 Å². The van der Waals surface area contributed by atoms with Gasteiger partial charge in [-0.05, 0) is 30.7 Å². The Bertz CT molecular complexity index is 729. The SMILES string of the molecule is Cc1cc(S(=O)(=O)N[C@@H]2CS(=O)(=O)C[C@H]2O)ccc1F. The van der Waals surface area contributed by atoms with Crippen molar-refractivity contribution in [3.8, 4) is 0 Å². The maximum absolute atomic E-state index is 13.1. The van der Waals surface area contributed by atoms with Gasteiger partial charge in [-0.25, -0.2) is 25.9 Å². The van der Waals surface area contributed by atoms with Gasteiger partial charge in [0.2, 0.25) is 10.0 Å². The molecule has 1 aromatic rings. The van der Waals surface area contributed by atoms with E-state index < -0.39 is 49.3 Å². The number of hydrogen-bond acceptors (Lipinski definition) is 5. The standard InChI is InChI=1S/C11H14FNO5S2/c1-7-4-8(2-3-9(7)12)20(17,18)13-10-5-19(15,16)6-11(10)14/h2-4,10-11,13-14H,5-6H2,1H3/t10-,11-/m1/s1. The monoisotopic (exact) mass is 323 g/mol. The summed E-state index contributed by atoms with van der Waals surface area (Å²) in [5.74, 6) is -1.46. The third-order valence-corrected chi connectivity index (χ3v) is 6.27. The number of rotatable bonds is 3. The Morgan fingerprint density at radius 3 is 2.50 bits per heavy atom. The van der Waals surface area contributed by atoms with Crippen LogP contribution in [0, 0.1) is 12.7 Å². The van der Waals surface area contributed by atoms with Crippen LogP contribution in [0.2, 0.25) is 0 Å². The molecule has 0 unspecified atom stereocenters. The van der Waals surface area contributed by atoms with Gasteiger partial charge in [-0.15, -0.1) is 0 Å². The molecular weight excluding hydrogens is 309 g/mol. The summed E-state index contributed by atoms with van der Waals surface area (Å²) in [4.78, 5) is -0.173. The molecular formula is C11H14FNO5S2. The molecule has 0 bridgehead atoms. The summed E-state index contributed by atoms with van der Waals surface area (Å²) < 4.78 is 62.1. The van der Waals surface area contributed by atoms with Crippen molar-refractivity contribution in [3.63, 3.8) is 0 Å². The molecule has 2 N–H and O–H groups in total. The van der Waals surface area contributed by atoms with E-state index in [1.54, 1.807) is 0 Å². The lowest BCUT2D eigenvalue weighted by atomic mass is 10.2. The predicted octanol–water partition coefficient (Wildman–Crippen LogP) is -0.430. The summed E-state index contributed by atoms with van der Waals surface area (Å²) in [5, 5.41) is 9.57. The molecule has 0 spiro atoms. The van der Waals surface area contributed by atoms with Gasteiger partial charge in [0.1, 0.15) is 5.82 Å². The first-order chi connectivity index (χ1) is 9.11. The molecule has 112 valence electrons. The van der Waals surface area contributed by atoms with Crippen molar-refractivity contribution in [1.82, 2.24) is 4.72 Å². The van der Waals surface area contributed by atoms with Crippen LogP contribution in [0.1, 0.15) is 5.56 Å². The van der Waals surface area contributed by atoms with Crippen LogP contribution in [-0.4, -0.2) is 45.6 Å². The Morgan fingerprint density at radius 2 is 2.00 bits per heavy atom. The number of sulfone groups is 1. The zero-order chi connectivity index (χ0) is 15.1. The zero-order valence-corrected chi connectivity index (χ0v) is 12.2. The van der Waals surface area contributed by atoms with Gasteiger partial charge in [-0.1, -0.05) is 0 Å². The van der Waals surface area contributed by atoms with E-state index in [1.807, 2.05) is 0 Å². The van der Waals surface area contributed by atoms with E-state index in [9.17, 15) is 26.3 Å². The second-order valence-electron chi connectivity index (χ2n) is 4.78. The van der Waals surface area contributed by atoms with Crippen LogP contribution in [0.4, 0.5) is 4.39 Å². The second kappa shape index (κ2) is 5.06. The van der Waals surface area contributed by atoms with Gasteiger partial charge in [-0.2, -0.15) is 0 Å². The normalized spacial score (nSPS) is 25.8. The fourth-order valence-corrected chi connectivity index (χ4v) is 5.19. The number of aliphatic hydroxyl groups excluding tert-OH is 1. The molecule has 20 heavy (non-hydrogen) atoms. The summed E-state index contributed by atoms with van der Waals surface area (Å²) in [6.45, 7) is 1.42. The number of hydrogen-bond donors (Lipinski definition) is 2. The van der Waals surface area contributed by atoms with Crippen LogP contribution in [0.15, 0.2) is 23.1 Å². The number of halogens is 1. The molecule has 0 radical (unpaired) electrons. The van der Waals surface area contributed by atoms with Gasteiger partial charge in [0.05, 0.1) is 28.5 Å². The highest BCUT2D eigenvalue weighted by atomic mass is 32.2. The van der Waals surface area contributed by atoms with Crippen LogP contribution in [0.25, 0.3) is 0 Å². The number of nitrogens with one attached hydrogen (secondary N) is 1. The Hall–Kier alpha value is -1.03. The summed E-state index contributed by atoms with van der Waals surface area (Å²) in [6, 6.07) is 2.16. The van der Waals surface area contributed by atoms with Gasteiger partial charge in [0, 0.05) is 0 Å². The molecule has 0 aliphatic carbocycles. The van der Waals surface area contributed by atoms with Crippen LogP contribution < -0.4 is 4.72 Å². The lowest BCUT2D eigenvalue weighted by Crippen LogP contribution is -2.42. The van der Waals surface area contributed by atoms with Crippen molar-refractivity contribution in [2.75, 3.05) is 11.5 Å². The number of benzene rings is 1. The second-order valence-corrected chi connectivity index (χ2v) is 8.65. The Morgan fingerprint density at radius 1 is 1.35 bits per heavy atom. The molecule has 0 aromatic heterocycles. The minimum atomic E-state index is -4.01. The highest BCUT2D eigenvalue weighted by molar-refractivity contribution is 7.92. The third-order valence-electron chi connectivity index (χ3n) is 3.07. The molecule has 1 aliphatic heterocycles. The fraction of sp³-hybridized carbons (Fsp3) is 0.455. The van der Waals surface area contributed by atoms with Crippen LogP contribution in [0.5, 0.6) is 0 Å². The van der Waals surface area contributed by atoms with Gasteiger partial charge in [0.25, 0.3) is 0 Å². The summed E-state index contributed by atoms with van der Waals surface area (Å²) in [5.41, 5.74) is 0.160. The molecule has 1 heterocycles. The molecule has 9 heteroatoms. The Balaban J connectivity index is 2.26. The molecule has 2 rings (SSSR count). The van der Waals surface area contributed by atoms with Crippen LogP contribution in [0.3, 0.4) is 0 Å². The lowest BCUT2D eigenvalue weighted by Gasteiger charge is -2.15. The number of aryl methyl sites for hydroxylation is 1. The minimum absolute atomic E-state index is 0.160. The number of aliphatic hydroxyl groups is 1. The van der Waals surface area contributed by atoms with E-state index in [0.29, 0.717) is 0 Å². The topological polar surface area (TPSA) is 101 Å². The molecule has 2 atom stereocenters. The highest BCUT2D eigenvalue weighted by Crippen LogP contribution is 2.18. The first kappa shape index (κ1) is 15.4. The van der Waals surface area contributed by atoms with E-state index in [4.69, 9.17) is 0 Å². The fourth-order valence-electron chi connectivity index (χ4n) is 1.99. The van der Waals surface area contributed by atoms with Crippen molar-refractivity contribution in [2.24, 2.45) is 0 Å². The molecule has 1 aliphatic rings. The molecule has 0 amide bonds. The molecule has 1 saturated heterocycles. The van der Waals surface area contributed by atoms with E-state index in [0.717, 1.165) is 18.2 Å². The lowest BCUT2D eigenvalue weighted by molar-refractivity contribution is 0.176. The average molecular weight is 323 g/mol. The first-order valence-corrected chi connectivity index (χ1v) is 9.08. The highest BCUT2D eigenvalue weighted by Gasteiger charge is 2.38. The molecule has 6 nitrogen and oxygen atoms in total. The Kier molecular flexibility index (Phi) is 3.89. The van der Waals surface area contributed by atoms with E-state index in [1.165, 1.54) is 6.92 Å². The van der Waals surface area contributed by atoms with E-state index in [2.05, 4.69) is 4.72 Å². The third kappa shape index (κ3) is 3.17. The van der Waals surface area contributed by atoms with Crippen molar-refractivity contribution in [1.29, 1.82) is 0 Å². The largest absolute Gasteiger partial charge is 0.390 e. The van der Waals surface area contributed by atoms with Crippen molar-refractivity contribution in [3.05, 3.63) is 29.6 Å². The van der Waals surface area contributed by atoms with Crippen LogP contribution >= 0.6 is 0 Å². The van der Waals surface area contributed by atoms with Gasteiger partial charge >= 0.3 is 0 Å². The first-order valence-electron chi connectivity index (χ1n) is 5.78. The maximum atomic E-state index is 13.1. The number of sulfonamides is 1. The van der Waals surface area contributed by atoms with E-state index >= 15 is 0 Å². The molecule has 1 aromatic carbocycles. The summed E-state index contributed by atoms with van der Waals surface area (Å²) >= 11 is 0. The van der Waals surface area contributed by atoms with Crippen molar-refractivity contribution >= 4 is 19.9 Å². The van der Waals surface area contributed by atoms with E-state index in [-0.39, 0.29) is 10.5 Å².